The molecule has 0 atom stereocenters. The molecule has 6 nitrogen and oxygen atoms in total. The average molecular weight is 562 g/mol. The number of benzene rings is 3. The summed E-state index contributed by atoms with van der Waals surface area (Å²) in [5.74, 6) is 0.200. The predicted molar refractivity (Wildman–Crippen MR) is 151 cm³/mol. The number of aromatic nitrogens is 5. The number of halogens is 3. The second-order valence-electron chi connectivity index (χ2n) is 8.17. The Balaban J connectivity index is 0.00000294. The Morgan fingerprint density at radius 2 is 1.61 bits per heavy atom. The van der Waals surface area contributed by atoms with Gasteiger partial charge in [-0.3, -0.25) is 14.3 Å². The van der Waals surface area contributed by atoms with Crippen molar-refractivity contribution in [2.45, 2.75) is 10.1 Å². The van der Waals surface area contributed by atoms with E-state index in [2.05, 4.69) is 20.2 Å². The maximum Gasteiger partial charge on any atom is 0.263 e. The third kappa shape index (κ3) is 4.81. The van der Waals surface area contributed by atoms with Crippen LogP contribution in [-0.2, 0) is 0 Å². The standard InChI is InChI=1S/C28H17ClFN5OS.ClH/c29-19-8-6-17(7-9-19)24-22-16-20(30)10-11-23(22)32-27(36)25(24)37-28-34-33-26(18-12-14-31-15-13-18)35(28)21-4-2-1-3-5-21;/h1-16H,(H,32,36);1H. The van der Waals surface area contributed by atoms with Crippen molar-refractivity contribution in [1.29, 1.82) is 0 Å². The van der Waals surface area contributed by atoms with Crippen LogP contribution in [0.25, 0.3) is 39.1 Å². The smallest absolute Gasteiger partial charge is 0.263 e. The van der Waals surface area contributed by atoms with E-state index in [0.717, 1.165) is 16.8 Å². The lowest BCUT2D eigenvalue weighted by molar-refractivity contribution is 0.629. The lowest BCUT2D eigenvalue weighted by Crippen LogP contribution is -2.11. The highest BCUT2D eigenvalue weighted by atomic mass is 35.5. The summed E-state index contributed by atoms with van der Waals surface area (Å²) >= 11 is 7.31. The molecule has 0 aliphatic carbocycles. The van der Waals surface area contributed by atoms with E-state index in [-0.39, 0.29) is 18.0 Å². The molecule has 188 valence electrons. The van der Waals surface area contributed by atoms with E-state index in [1.165, 1.54) is 23.9 Å². The fourth-order valence-electron chi connectivity index (χ4n) is 4.17. The maximum atomic E-state index is 14.4. The Hall–Kier alpha value is -3.98. The number of hydrogen-bond acceptors (Lipinski definition) is 5. The van der Waals surface area contributed by atoms with Crippen LogP contribution in [0.15, 0.2) is 112 Å². The van der Waals surface area contributed by atoms with Crippen LogP contribution in [0.4, 0.5) is 4.39 Å². The Labute approximate surface area is 232 Å². The molecule has 0 amide bonds. The van der Waals surface area contributed by atoms with Gasteiger partial charge in [0.2, 0.25) is 5.16 Å². The molecule has 0 radical (unpaired) electrons. The molecular weight excluding hydrogens is 544 g/mol. The molecule has 0 unspecified atom stereocenters. The first-order chi connectivity index (χ1) is 18.1. The van der Waals surface area contributed by atoms with Crippen molar-refractivity contribution < 1.29 is 4.39 Å². The number of nitrogens with zero attached hydrogens (tertiary/aromatic N) is 4. The van der Waals surface area contributed by atoms with Crippen LogP contribution in [0.3, 0.4) is 0 Å². The van der Waals surface area contributed by atoms with Crippen molar-refractivity contribution in [1.82, 2.24) is 24.7 Å². The number of hydrogen-bond donors (Lipinski definition) is 1. The molecule has 0 spiro atoms. The van der Waals surface area contributed by atoms with Crippen LogP contribution >= 0.6 is 35.8 Å². The normalized spacial score (nSPS) is 10.9. The van der Waals surface area contributed by atoms with E-state index < -0.39 is 5.82 Å². The predicted octanol–water partition coefficient (Wildman–Crippen LogP) is 7.20. The number of nitrogens with one attached hydrogen (secondary N) is 1. The molecule has 38 heavy (non-hydrogen) atoms. The van der Waals surface area contributed by atoms with Gasteiger partial charge >= 0.3 is 0 Å². The quantitative estimate of drug-likeness (QED) is 0.241. The number of H-pyrrole nitrogens is 1. The van der Waals surface area contributed by atoms with Crippen LogP contribution in [0.1, 0.15) is 0 Å². The zero-order valence-electron chi connectivity index (χ0n) is 19.5. The van der Waals surface area contributed by atoms with Gasteiger partial charge in [0.15, 0.2) is 5.82 Å². The molecule has 1 N–H and O–H groups in total. The van der Waals surface area contributed by atoms with E-state index in [1.54, 1.807) is 30.6 Å². The number of fused-ring (bicyclic) bond motifs is 1. The second kappa shape index (κ2) is 10.8. The fraction of sp³-hybridized carbons (Fsp3) is 0. The summed E-state index contributed by atoms with van der Waals surface area (Å²) in [7, 11) is 0. The topological polar surface area (TPSA) is 76.5 Å². The van der Waals surface area contributed by atoms with Crippen LogP contribution in [-0.4, -0.2) is 24.7 Å². The van der Waals surface area contributed by atoms with Crippen LogP contribution in [0.5, 0.6) is 0 Å². The molecule has 3 aromatic carbocycles. The van der Waals surface area contributed by atoms with Crippen molar-refractivity contribution in [3.05, 3.63) is 119 Å². The van der Waals surface area contributed by atoms with Gasteiger partial charge in [-0.05, 0) is 71.9 Å². The first-order valence-electron chi connectivity index (χ1n) is 11.3. The molecule has 0 saturated carbocycles. The number of aromatic amines is 1. The van der Waals surface area contributed by atoms with Crippen molar-refractivity contribution >= 4 is 46.7 Å². The lowest BCUT2D eigenvalue weighted by atomic mass is 10.0. The van der Waals surface area contributed by atoms with Gasteiger partial charge < -0.3 is 4.98 Å². The highest BCUT2D eigenvalue weighted by molar-refractivity contribution is 7.99. The van der Waals surface area contributed by atoms with Gasteiger partial charge in [0, 0.05) is 45.1 Å². The molecule has 0 bridgehead atoms. The number of pyridine rings is 2. The Morgan fingerprint density at radius 3 is 2.34 bits per heavy atom. The van der Waals surface area contributed by atoms with Gasteiger partial charge in [-0.15, -0.1) is 22.6 Å². The zero-order chi connectivity index (χ0) is 25.4. The Kier molecular flexibility index (Phi) is 7.28. The molecule has 0 saturated heterocycles. The Morgan fingerprint density at radius 1 is 0.868 bits per heavy atom. The highest BCUT2D eigenvalue weighted by Crippen LogP contribution is 2.39. The third-order valence-electron chi connectivity index (χ3n) is 5.84. The SMILES string of the molecule is Cl.O=c1[nH]c2ccc(F)cc2c(-c2ccc(Cl)cc2)c1Sc1nnc(-c2ccncc2)n1-c1ccccc1. The van der Waals surface area contributed by atoms with Gasteiger partial charge in [0.05, 0.1) is 4.90 Å². The van der Waals surface area contributed by atoms with Crippen molar-refractivity contribution in [3.8, 4) is 28.2 Å². The zero-order valence-corrected chi connectivity index (χ0v) is 21.9. The minimum absolute atomic E-state index is 0. The molecule has 0 fully saturated rings. The summed E-state index contributed by atoms with van der Waals surface area (Å²) in [6.45, 7) is 0. The van der Waals surface area contributed by atoms with E-state index >= 15 is 0 Å². The summed E-state index contributed by atoms with van der Waals surface area (Å²) in [6, 6.07) is 24.8. The molecule has 10 heteroatoms. The number of rotatable bonds is 5. The largest absolute Gasteiger partial charge is 0.321 e. The second-order valence-corrected chi connectivity index (χ2v) is 9.58. The third-order valence-corrected chi connectivity index (χ3v) is 7.14. The van der Waals surface area contributed by atoms with Gasteiger partial charge in [0.1, 0.15) is 5.82 Å². The first kappa shape index (κ1) is 25.7. The lowest BCUT2D eigenvalue weighted by Gasteiger charge is -2.14. The average Bonchev–Trinajstić information content (AvgIpc) is 3.35. The van der Waals surface area contributed by atoms with Crippen molar-refractivity contribution in [2.75, 3.05) is 0 Å². The van der Waals surface area contributed by atoms with E-state index in [1.807, 2.05) is 59.2 Å². The monoisotopic (exact) mass is 561 g/mol. The summed E-state index contributed by atoms with van der Waals surface area (Å²) < 4.78 is 16.3. The van der Waals surface area contributed by atoms with Gasteiger partial charge in [-0.1, -0.05) is 41.9 Å². The fourth-order valence-corrected chi connectivity index (χ4v) is 5.32. The summed E-state index contributed by atoms with van der Waals surface area (Å²) in [5.41, 5.74) is 3.19. The van der Waals surface area contributed by atoms with Gasteiger partial charge in [-0.25, -0.2) is 4.39 Å². The molecule has 0 aliphatic rings. The minimum atomic E-state index is -0.405. The molecular formula is C28H18Cl2FN5OS. The molecule has 6 rings (SSSR count). The summed E-state index contributed by atoms with van der Waals surface area (Å²) in [5, 5.41) is 10.5. The first-order valence-corrected chi connectivity index (χ1v) is 12.5. The molecule has 6 aromatic rings. The maximum absolute atomic E-state index is 14.4. The van der Waals surface area contributed by atoms with Gasteiger partial charge in [0.25, 0.3) is 5.56 Å². The Bertz CT molecular complexity index is 1790. The van der Waals surface area contributed by atoms with Crippen LogP contribution in [0.2, 0.25) is 5.02 Å². The van der Waals surface area contributed by atoms with Crippen molar-refractivity contribution in [2.24, 2.45) is 0 Å². The van der Waals surface area contributed by atoms with Crippen molar-refractivity contribution in [3.63, 3.8) is 0 Å². The molecule has 3 aromatic heterocycles. The minimum Gasteiger partial charge on any atom is -0.321 e. The molecule has 0 aliphatic heterocycles. The molecule has 3 heterocycles. The summed E-state index contributed by atoms with van der Waals surface area (Å²) in [4.78, 5) is 20.8. The van der Waals surface area contributed by atoms with E-state index in [0.29, 0.717) is 37.4 Å². The van der Waals surface area contributed by atoms with Crippen LogP contribution < -0.4 is 5.56 Å². The van der Waals surface area contributed by atoms with E-state index in [9.17, 15) is 9.18 Å². The highest BCUT2D eigenvalue weighted by Gasteiger charge is 2.22. The van der Waals surface area contributed by atoms with Crippen LogP contribution in [0, 0.1) is 5.82 Å². The van der Waals surface area contributed by atoms with Gasteiger partial charge in [-0.2, -0.15) is 0 Å². The van der Waals surface area contributed by atoms with E-state index in [4.69, 9.17) is 11.6 Å². The summed E-state index contributed by atoms with van der Waals surface area (Å²) in [6.07, 6.45) is 3.38. The number of para-hydroxylation sites is 1.